The average Bonchev–Trinajstić information content (AvgIpc) is 4.01. The van der Waals surface area contributed by atoms with Crippen molar-refractivity contribution in [3.8, 4) is 17.2 Å². The van der Waals surface area contributed by atoms with Crippen molar-refractivity contribution in [1.29, 1.82) is 0 Å². The van der Waals surface area contributed by atoms with E-state index in [1.165, 1.54) is 11.1 Å². The number of nitrogens with two attached hydrogens (primary N) is 3. The average molecular weight is 863 g/mol. The molecule has 2 unspecified atom stereocenters. The highest BCUT2D eigenvalue weighted by molar-refractivity contribution is 7.98. The number of carboxylic acid groups (broad SMARTS) is 1. The Bertz CT molecular complexity index is 2330. The molecule has 0 spiro atoms. The van der Waals surface area contributed by atoms with E-state index in [1.807, 2.05) is 6.26 Å². The van der Waals surface area contributed by atoms with Gasteiger partial charge in [-0.1, -0.05) is 12.6 Å². The Kier molecular flexibility index (Phi) is 15.9. The third-order valence-electron chi connectivity index (χ3n) is 10.2. The number of nitrogens with zero attached hydrogens (tertiary/aromatic N) is 2. The summed E-state index contributed by atoms with van der Waals surface area (Å²) in [6.45, 7) is 2.35. The topological polar surface area (TPSA) is 331 Å². The highest BCUT2D eigenvalue weighted by Gasteiger charge is 2.35. The first-order valence-electron chi connectivity index (χ1n) is 19.4. The van der Waals surface area contributed by atoms with Crippen molar-refractivity contribution in [1.82, 2.24) is 36.4 Å². The molecule has 1 aliphatic heterocycles. The first kappa shape index (κ1) is 46.1. The molecule has 0 bridgehead atoms. The molecule has 5 rings (SSSR count). The number of aromatic amines is 1. The number of H-pyrrole nitrogens is 1. The summed E-state index contributed by atoms with van der Waals surface area (Å²) in [6, 6.07) is 4.42. The van der Waals surface area contributed by atoms with Gasteiger partial charge in [0.25, 0.3) is 0 Å². The van der Waals surface area contributed by atoms with Gasteiger partial charge in [0.05, 0.1) is 37.8 Å². The number of hydrogen-bond acceptors (Lipinski definition) is 17. The van der Waals surface area contributed by atoms with E-state index in [2.05, 4.69) is 37.9 Å². The van der Waals surface area contributed by atoms with Crippen LogP contribution in [-0.4, -0.2) is 135 Å². The van der Waals surface area contributed by atoms with Crippen LogP contribution in [0.5, 0.6) is 5.75 Å². The number of carbonyl (C=O) groups is 7. The number of ketones is 4. The highest BCUT2D eigenvalue weighted by atomic mass is 32.2. The van der Waals surface area contributed by atoms with Crippen molar-refractivity contribution < 1.29 is 48.2 Å². The van der Waals surface area contributed by atoms with Gasteiger partial charge in [0.15, 0.2) is 5.58 Å². The number of carboxylic acids is 1. The molecule has 1 aliphatic rings. The van der Waals surface area contributed by atoms with Crippen LogP contribution >= 0.6 is 11.8 Å². The van der Waals surface area contributed by atoms with Crippen molar-refractivity contribution >= 4 is 74.7 Å². The lowest BCUT2D eigenvalue weighted by Gasteiger charge is -2.24. The monoisotopic (exact) mass is 862 g/mol. The van der Waals surface area contributed by atoms with Gasteiger partial charge in [-0.2, -0.15) is 11.8 Å². The maximum atomic E-state index is 13.7. The number of Topliss-reactive ketones (excluding diaryl/α,β-unsaturated/α-hetero) is 4. The molecule has 2 amide bonds. The van der Waals surface area contributed by atoms with Crippen molar-refractivity contribution in [3.05, 3.63) is 59.9 Å². The van der Waals surface area contributed by atoms with Gasteiger partial charge in [0.1, 0.15) is 23.3 Å². The quantitative estimate of drug-likeness (QED) is 0.0384. The number of thioether (sulfide) groups is 1. The fraction of sp³-hybridized carbons (Fsp3) is 0.400. The number of hydrazine groups is 1. The molecule has 61 heavy (non-hydrogen) atoms. The van der Waals surface area contributed by atoms with E-state index >= 15 is 0 Å². The van der Waals surface area contributed by atoms with E-state index in [-0.39, 0.29) is 36.6 Å². The molecule has 20 nitrogen and oxygen atoms in total. The smallest absolute Gasteiger partial charge is 0.320 e. The molecule has 1 saturated heterocycles. The lowest BCUT2D eigenvalue weighted by atomic mass is 10.0. The molecular formula is C40H50N10O10S. The number of phenolic OH excluding ortho intramolecular Hbond substituents is 1. The van der Waals surface area contributed by atoms with Crippen LogP contribution in [0.2, 0.25) is 0 Å². The maximum absolute atomic E-state index is 13.7. The summed E-state index contributed by atoms with van der Waals surface area (Å²) < 4.78 is 6.06. The summed E-state index contributed by atoms with van der Waals surface area (Å²) in [7, 11) is 0. The second-order valence-electron chi connectivity index (χ2n) is 14.5. The Hall–Kier alpha value is -5.97. The molecule has 4 aromatic rings. The van der Waals surface area contributed by atoms with Gasteiger partial charge < -0.3 is 52.8 Å². The molecule has 1 fully saturated rings. The largest absolute Gasteiger partial charge is 0.507 e. The zero-order valence-corrected chi connectivity index (χ0v) is 34.3. The van der Waals surface area contributed by atoms with Crippen molar-refractivity contribution in [3.63, 3.8) is 0 Å². The van der Waals surface area contributed by atoms with E-state index in [0.717, 1.165) is 5.75 Å². The van der Waals surface area contributed by atoms with Crippen molar-refractivity contribution in [2.24, 2.45) is 17.2 Å². The minimum Gasteiger partial charge on any atom is -0.507 e. The van der Waals surface area contributed by atoms with Crippen LogP contribution in [0.4, 0.5) is 0 Å². The number of rotatable bonds is 24. The van der Waals surface area contributed by atoms with Crippen molar-refractivity contribution in [2.75, 3.05) is 44.7 Å². The molecule has 0 aliphatic carbocycles. The maximum Gasteiger partial charge on any atom is 0.320 e. The first-order chi connectivity index (χ1) is 29.1. The molecule has 326 valence electrons. The third kappa shape index (κ3) is 11.7. The van der Waals surface area contributed by atoms with E-state index in [4.69, 9.17) is 21.6 Å². The van der Waals surface area contributed by atoms with Crippen LogP contribution in [0.1, 0.15) is 30.4 Å². The lowest BCUT2D eigenvalue weighted by Crippen LogP contribution is -2.52. The number of fused-ring (bicyclic) bond motifs is 3. The van der Waals surface area contributed by atoms with Crippen LogP contribution in [0.25, 0.3) is 33.5 Å². The second-order valence-corrected chi connectivity index (χ2v) is 15.5. The number of carbonyl (C=O) groups excluding carboxylic acids is 6. The standard InChI is InChI=1S/C40H50N10O10S/c1-20(24(42)9-11-61-2)48-27(38(57)46-17-30(52)31(53)19-47-50-10-3-4-28(50)37(56)32(54)18-45-34(55)15-41)13-21-5-7-29(51)23(12-21)39-49-36-33(60-39)8-6-26-35(36)22(16-44-26)14-25(43)40(58)59/h5-8,12,16,24-25,27-28,44,47-48,51H,1,3-4,9-11,13-15,17-19,41-43H2,2H3,(H,45,55)(H,46,57)(H,58,59)/t24-,25?,27?,28-/m0/s1. The zero-order chi connectivity index (χ0) is 44.4. The molecule has 2 aromatic heterocycles. The SMILES string of the molecule is C=C(NC(Cc1ccc(O)c(-c2nc3c(ccc4[nH]cc(CC(N)C(=O)O)c43)o2)c1)C(=O)NCC(=O)C(=O)CNN1CCC[C@H]1C(=O)C(=O)CNC(=O)CN)[C@@H](N)CCSC. The molecule has 21 heteroatoms. The number of oxazole rings is 1. The summed E-state index contributed by atoms with van der Waals surface area (Å²) in [5.41, 5.74) is 23.3. The Balaban J connectivity index is 1.28. The van der Waals surface area contributed by atoms with Crippen LogP contribution in [0.3, 0.4) is 0 Å². The van der Waals surface area contributed by atoms with Crippen LogP contribution in [0, 0.1) is 0 Å². The number of nitrogens with one attached hydrogen (secondary N) is 5. The summed E-state index contributed by atoms with van der Waals surface area (Å²) in [5, 5.41) is 30.2. The number of aromatic nitrogens is 2. The zero-order valence-electron chi connectivity index (χ0n) is 33.5. The lowest BCUT2D eigenvalue weighted by molar-refractivity contribution is -0.140. The third-order valence-corrected chi connectivity index (χ3v) is 10.8. The van der Waals surface area contributed by atoms with E-state index < -0.39 is 84.7 Å². The minimum absolute atomic E-state index is 0.00438. The van der Waals surface area contributed by atoms with Crippen LogP contribution < -0.4 is 38.6 Å². The van der Waals surface area contributed by atoms with Gasteiger partial charge in [-0.15, -0.1) is 0 Å². The summed E-state index contributed by atoms with van der Waals surface area (Å²) in [4.78, 5) is 95.2. The molecule has 13 N–H and O–H groups in total. The minimum atomic E-state index is -1.16. The molecule has 0 radical (unpaired) electrons. The normalized spacial score (nSPS) is 15.6. The number of benzene rings is 2. The first-order valence-corrected chi connectivity index (χ1v) is 20.8. The van der Waals surface area contributed by atoms with Gasteiger partial charge in [0, 0.05) is 48.2 Å². The number of hydrogen-bond donors (Lipinski definition) is 10. The Morgan fingerprint density at radius 2 is 1.75 bits per heavy atom. The van der Waals surface area contributed by atoms with E-state index in [0.29, 0.717) is 64.6 Å². The summed E-state index contributed by atoms with van der Waals surface area (Å²) in [5.74, 6) is -5.19. The van der Waals surface area contributed by atoms with Gasteiger partial charge >= 0.3 is 5.97 Å². The van der Waals surface area contributed by atoms with Crippen LogP contribution in [0.15, 0.2) is 53.2 Å². The Morgan fingerprint density at radius 1 is 1.02 bits per heavy atom. The second kappa shape index (κ2) is 21.0. The van der Waals surface area contributed by atoms with Crippen molar-refractivity contribution in [2.45, 2.75) is 56.3 Å². The molecule has 2 aromatic carbocycles. The molecule has 4 atom stereocenters. The fourth-order valence-electron chi connectivity index (χ4n) is 6.77. The summed E-state index contributed by atoms with van der Waals surface area (Å²) in [6.07, 6.45) is 5.03. The van der Waals surface area contributed by atoms with Gasteiger partial charge in [0.2, 0.25) is 40.8 Å². The number of aromatic hydroxyl groups is 1. The number of amides is 2. The van der Waals surface area contributed by atoms with E-state index in [9.17, 15) is 43.8 Å². The number of phenols is 1. The number of aliphatic carboxylic acids is 1. The van der Waals surface area contributed by atoms with Gasteiger partial charge in [-0.3, -0.25) is 33.6 Å². The predicted octanol–water partition coefficient (Wildman–Crippen LogP) is -0.833. The molecule has 0 saturated carbocycles. The fourth-order valence-corrected chi connectivity index (χ4v) is 7.26. The highest BCUT2D eigenvalue weighted by Crippen LogP contribution is 2.36. The molecule has 3 heterocycles. The summed E-state index contributed by atoms with van der Waals surface area (Å²) >= 11 is 1.59. The Labute approximate surface area is 353 Å². The van der Waals surface area contributed by atoms with E-state index in [1.54, 1.807) is 42.2 Å². The Morgan fingerprint density at radius 3 is 2.48 bits per heavy atom. The van der Waals surface area contributed by atoms with Gasteiger partial charge in [-0.25, -0.2) is 15.4 Å². The van der Waals surface area contributed by atoms with Crippen LogP contribution in [-0.2, 0) is 46.4 Å². The van der Waals surface area contributed by atoms with Gasteiger partial charge in [-0.05, 0) is 66.7 Å². The molecular weight excluding hydrogens is 813 g/mol. The predicted molar refractivity (Wildman–Crippen MR) is 226 cm³/mol.